The maximum Gasteiger partial charge on any atom is 0.0991 e. The molecule has 2 heterocycles. The Kier molecular flexibility index (Phi) is 3.01. The molecule has 1 aromatic rings. The van der Waals surface area contributed by atoms with Gasteiger partial charge in [-0.05, 0) is 42.8 Å². The van der Waals surface area contributed by atoms with E-state index in [9.17, 15) is 0 Å². The summed E-state index contributed by atoms with van der Waals surface area (Å²) < 4.78 is 6.01. The number of morpholine rings is 1. The summed E-state index contributed by atoms with van der Waals surface area (Å²) in [6, 6.07) is 2.91. The SMILES string of the molecule is CCCN1CCO[C@@H]2c3ccsc3CC[C@H]21. The van der Waals surface area contributed by atoms with E-state index in [-0.39, 0.29) is 0 Å². The molecular weight excluding hydrogens is 218 g/mol. The van der Waals surface area contributed by atoms with Gasteiger partial charge in [0, 0.05) is 17.5 Å². The van der Waals surface area contributed by atoms with Crippen molar-refractivity contribution in [2.24, 2.45) is 0 Å². The second-order valence-corrected chi connectivity index (χ2v) is 5.73. The van der Waals surface area contributed by atoms with E-state index in [2.05, 4.69) is 23.3 Å². The molecule has 2 nitrogen and oxygen atoms in total. The van der Waals surface area contributed by atoms with Crippen LogP contribution in [-0.2, 0) is 11.2 Å². The third kappa shape index (κ3) is 1.71. The summed E-state index contributed by atoms with van der Waals surface area (Å²) in [7, 11) is 0. The van der Waals surface area contributed by atoms with Crippen LogP contribution in [0.1, 0.15) is 36.3 Å². The molecule has 16 heavy (non-hydrogen) atoms. The van der Waals surface area contributed by atoms with Gasteiger partial charge < -0.3 is 4.74 Å². The summed E-state index contributed by atoms with van der Waals surface area (Å²) in [5.41, 5.74) is 1.47. The van der Waals surface area contributed by atoms with Gasteiger partial charge in [0.25, 0.3) is 0 Å². The van der Waals surface area contributed by atoms with Crippen LogP contribution in [0.25, 0.3) is 0 Å². The average molecular weight is 237 g/mol. The number of thiophene rings is 1. The van der Waals surface area contributed by atoms with Gasteiger partial charge in [0.15, 0.2) is 0 Å². The smallest absolute Gasteiger partial charge is 0.0991 e. The van der Waals surface area contributed by atoms with E-state index in [0.717, 1.165) is 13.2 Å². The van der Waals surface area contributed by atoms with Gasteiger partial charge in [0.2, 0.25) is 0 Å². The predicted octanol–water partition coefficient (Wildman–Crippen LogP) is 2.85. The number of aryl methyl sites for hydroxylation is 1. The van der Waals surface area contributed by atoms with E-state index >= 15 is 0 Å². The van der Waals surface area contributed by atoms with Crippen molar-refractivity contribution in [3.8, 4) is 0 Å². The quantitative estimate of drug-likeness (QED) is 0.784. The second-order valence-electron chi connectivity index (χ2n) is 4.73. The zero-order chi connectivity index (χ0) is 11.0. The predicted molar refractivity (Wildman–Crippen MR) is 67.0 cm³/mol. The average Bonchev–Trinajstić information content (AvgIpc) is 2.78. The van der Waals surface area contributed by atoms with Gasteiger partial charge in [-0.2, -0.15) is 0 Å². The summed E-state index contributed by atoms with van der Waals surface area (Å²) in [5, 5.41) is 2.22. The number of hydrogen-bond acceptors (Lipinski definition) is 3. The fourth-order valence-corrected chi connectivity index (χ4v) is 3.98. The zero-order valence-electron chi connectivity index (χ0n) is 9.82. The van der Waals surface area contributed by atoms with E-state index in [1.54, 1.807) is 4.88 Å². The number of nitrogens with zero attached hydrogens (tertiary/aromatic N) is 1. The zero-order valence-corrected chi connectivity index (χ0v) is 10.6. The lowest BCUT2D eigenvalue weighted by atomic mass is 9.89. The molecule has 0 aromatic carbocycles. The van der Waals surface area contributed by atoms with Crippen molar-refractivity contribution in [3.05, 3.63) is 21.9 Å². The molecule has 3 rings (SSSR count). The van der Waals surface area contributed by atoms with Crippen LogP contribution in [0.15, 0.2) is 11.4 Å². The number of hydrogen-bond donors (Lipinski definition) is 0. The fourth-order valence-electron chi connectivity index (χ4n) is 3.05. The van der Waals surface area contributed by atoms with Crippen LogP contribution in [0.2, 0.25) is 0 Å². The maximum absolute atomic E-state index is 6.01. The Labute approximate surface area is 101 Å². The van der Waals surface area contributed by atoms with Crippen LogP contribution < -0.4 is 0 Å². The van der Waals surface area contributed by atoms with E-state index in [0.29, 0.717) is 12.1 Å². The first kappa shape index (κ1) is 10.8. The molecule has 0 unspecified atom stereocenters. The summed E-state index contributed by atoms with van der Waals surface area (Å²) in [6.45, 7) is 5.51. The van der Waals surface area contributed by atoms with Crippen LogP contribution in [0.5, 0.6) is 0 Å². The molecule has 1 saturated heterocycles. The lowest BCUT2D eigenvalue weighted by molar-refractivity contribution is -0.0796. The summed E-state index contributed by atoms with van der Waals surface area (Å²) in [6.07, 6.45) is 4.13. The lowest BCUT2D eigenvalue weighted by Gasteiger charge is -2.43. The van der Waals surface area contributed by atoms with Crippen LogP contribution in [-0.4, -0.2) is 30.6 Å². The highest BCUT2D eigenvalue weighted by atomic mass is 32.1. The molecule has 3 heteroatoms. The molecule has 0 bridgehead atoms. The van der Waals surface area contributed by atoms with Crippen molar-refractivity contribution in [3.63, 3.8) is 0 Å². The number of fused-ring (bicyclic) bond motifs is 3. The van der Waals surface area contributed by atoms with Gasteiger partial charge in [-0.1, -0.05) is 6.92 Å². The van der Waals surface area contributed by atoms with Gasteiger partial charge in [-0.25, -0.2) is 0 Å². The Bertz CT molecular complexity index is 361. The van der Waals surface area contributed by atoms with Crippen molar-refractivity contribution in [1.82, 2.24) is 4.90 Å². The standard InChI is InChI=1S/C13H19NOS/c1-2-6-14-7-8-15-13-10-5-9-16-12(10)4-3-11(13)14/h5,9,11,13H,2-4,6-8H2,1H3/t11-,13-/m1/s1. The summed E-state index contributed by atoms with van der Waals surface area (Å²) in [4.78, 5) is 4.19. The molecule has 2 atom stereocenters. The molecule has 0 spiro atoms. The minimum absolute atomic E-state index is 0.357. The van der Waals surface area contributed by atoms with Gasteiger partial charge in [-0.3, -0.25) is 4.90 Å². The first-order valence-electron chi connectivity index (χ1n) is 6.32. The third-order valence-electron chi connectivity index (χ3n) is 3.76. The van der Waals surface area contributed by atoms with E-state index in [1.165, 1.54) is 31.4 Å². The highest BCUT2D eigenvalue weighted by molar-refractivity contribution is 7.10. The molecule has 88 valence electrons. The van der Waals surface area contributed by atoms with Crippen molar-refractivity contribution in [2.45, 2.75) is 38.3 Å². The van der Waals surface area contributed by atoms with Crippen LogP contribution >= 0.6 is 11.3 Å². The Morgan fingerprint density at radius 3 is 3.38 bits per heavy atom. The number of rotatable bonds is 2. The minimum atomic E-state index is 0.357. The fraction of sp³-hybridized carbons (Fsp3) is 0.692. The van der Waals surface area contributed by atoms with Crippen molar-refractivity contribution >= 4 is 11.3 Å². The normalized spacial score (nSPS) is 29.8. The van der Waals surface area contributed by atoms with Gasteiger partial charge in [-0.15, -0.1) is 11.3 Å². The second kappa shape index (κ2) is 4.47. The maximum atomic E-state index is 6.01. The number of ether oxygens (including phenoxy) is 1. The molecule has 0 amide bonds. The molecule has 1 aliphatic carbocycles. The van der Waals surface area contributed by atoms with Gasteiger partial charge in [0.05, 0.1) is 12.7 Å². The molecule has 2 aliphatic rings. The summed E-state index contributed by atoms with van der Waals surface area (Å²) in [5.74, 6) is 0. The van der Waals surface area contributed by atoms with Crippen molar-refractivity contribution in [1.29, 1.82) is 0 Å². The Hall–Kier alpha value is -0.380. The molecule has 1 aromatic heterocycles. The molecule has 0 radical (unpaired) electrons. The van der Waals surface area contributed by atoms with E-state index in [1.807, 2.05) is 11.3 Å². The first-order chi connectivity index (χ1) is 7.90. The van der Waals surface area contributed by atoms with Gasteiger partial charge >= 0.3 is 0 Å². The van der Waals surface area contributed by atoms with E-state index in [4.69, 9.17) is 4.74 Å². The molecule has 1 fully saturated rings. The van der Waals surface area contributed by atoms with Crippen LogP contribution in [0.3, 0.4) is 0 Å². The highest BCUT2D eigenvalue weighted by Crippen LogP contribution is 2.39. The largest absolute Gasteiger partial charge is 0.371 e. The Morgan fingerprint density at radius 1 is 1.56 bits per heavy atom. The molecular formula is C13H19NOS. The highest BCUT2D eigenvalue weighted by Gasteiger charge is 2.37. The Morgan fingerprint density at radius 2 is 2.50 bits per heavy atom. The van der Waals surface area contributed by atoms with Crippen molar-refractivity contribution < 1.29 is 4.74 Å². The molecule has 1 aliphatic heterocycles. The Balaban J connectivity index is 1.85. The molecule has 0 saturated carbocycles. The first-order valence-corrected chi connectivity index (χ1v) is 7.20. The van der Waals surface area contributed by atoms with Crippen LogP contribution in [0.4, 0.5) is 0 Å². The van der Waals surface area contributed by atoms with Crippen molar-refractivity contribution in [2.75, 3.05) is 19.7 Å². The topological polar surface area (TPSA) is 12.5 Å². The van der Waals surface area contributed by atoms with Gasteiger partial charge in [0.1, 0.15) is 0 Å². The third-order valence-corrected chi connectivity index (χ3v) is 4.76. The van der Waals surface area contributed by atoms with E-state index < -0.39 is 0 Å². The monoisotopic (exact) mass is 237 g/mol. The lowest BCUT2D eigenvalue weighted by Crippen LogP contribution is -2.49. The molecule has 0 N–H and O–H groups in total. The summed E-state index contributed by atoms with van der Waals surface area (Å²) >= 11 is 1.90. The minimum Gasteiger partial charge on any atom is -0.371 e. The van der Waals surface area contributed by atoms with Crippen LogP contribution in [0, 0.1) is 0 Å².